The van der Waals surface area contributed by atoms with Gasteiger partial charge < -0.3 is 0 Å². The average molecular weight is 148 g/mol. The van der Waals surface area contributed by atoms with Gasteiger partial charge in [0.25, 0.3) is 0 Å². The van der Waals surface area contributed by atoms with Gasteiger partial charge in [0.2, 0.25) is 0 Å². The predicted octanol–water partition coefficient (Wildman–Crippen LogP) is -0.120. The van der Waals surface area contributed by atoms with Gasteiger partial charge in [-0.2, -0.15) is 0 Å². The van der Waals surface area contributed by atoms with Crippen LogP contribution in [-0.2, 0) is 11.2 Å². The molecule has 9 heavy (non-hydrogen) atoms. The van der Waals surface area contributed by atoms with Gasteiger partial charge >= 0.3 is 0 Å². The number of hydrogen-bond donors (Lipinski definition) is 1. The van der Waals surface area contributed by atoms with Gasteiger partial charge in [0.15, 0.2) is 11.2 Å². The second kappa shape index (κ2) is 3.29. The van der Waals surface area contributed by atoms with Crippen LogP contribution in [-0.4, -0.2) is 28.1 Å². The molecule has 1 aliphatic heterocycles. The van der Waals surface area contributed by atoms with Gasteiger partial charge in [0.1, 0.15) is 0 Å². The van der Waals surface area contributed by atoms with Crippen LogP contribution in [0.5, 0.6) is 0 Å². The van der Waals surface area contributed by atoms with E-state index in [9.17, 15) is 4.21 Å². The van der Waals surface area contributed by atoms with E-state index < -0.39 is 11.2 Å². The molecular formula is C5H12N2OS. The van der Waals surface area contributed by atoms with Crippen molar-refractivity contribution < 1.29 is 4.21 Å². The molecule has 0 aromatic heterocycles. The lowest BCUT2D eigenvalue weighted by Gasteiger charge is -2.23. The molecule has 0 radical (unpaired) electrons. The highest BCUT2D eigenvalue weighted by Crippen LogP contribution is 1.99. The van der Waals surface area contributed by atoms with Crippen molar-refractivity contribution in [2.75, 3.05) is 19.6 Å². The summed E-state index contributed by atoms with van der Waals surface area (Å²) in [5.41, 5.74) is 0. The van der Waals surface area contributed by atoms with E-state index in [1.54, 1.807) is 0 Å². The van der Waals surface area contributed by atoms with Crippen LogP contribution in [0.15, 0.2) is 0 Å². The summed E-state index contributed by atoms with van der Waals surface area (Å²) in [6.45, 7) is 4.75. The topological polar surface area (TPSA) is 32.3 Å². The summed E-state index contributed by atoms with van der Waals surface area (Å²) < 4.78 is 15.8. The Kier molecular flexibility index (Phi) is 2.63. The zero-order chi connectivity index (χ0) is 6.69. The van der Waals surface area contributed by atoms with Crippen LogP contribution in [0, 0.1) is 0 Å². The van der Waals surface area contributed by atoms with Gasteiger partial charge in [-0.3, -0.25) is 0 Å². The fourth-order valence-corrected chi connectivity index (χ4v) is 1.90. The summed E-state index contributed by atoms with van der Waals surface area (Å²) in [6.07, 6.45) is 1.11. The second-order valence-electron chi connectivity index (χ2n) is 2.02. The third-order valence-corrected chi connectivity index (χ3v) is 2.76. The van der Waals surface area contributed by atoms with Gasteiger partial charge in [0.05, 0.1) is 0 Å². The molecule has 1 atom stereocenters. The first-order chi connectivity index (χ1) is 4.34. The minimum Gasteiger partial charge on any atom is -0.225 e. The van der Waals surface area contributed by atoms with Gasteiger partial charge in [-0.25, -0.2) is 13.2 Å². The van der Waals surface area contributed by atoms with E-state index >= 15 is 0 Å². The minimum absolute atomic E-state index is 0.875. The number of nitrogens with one attached hydrogen (secondary N) is 1. The van der Waals surface area contributed by atoms with Crippen LogP contribution < -0.4 is 4.72 Å². The highest BCUT2D eigenvalue weighted by Gasteiger charge is 2.13. The Morgan fingerprint density at radius 1 is 1.78 bits per heavy atom. The molecule has 1 saturated heterocycles. The lowest BCUT2D eigenvalue weighted by molar-refractivity contribution is 0.425. The third kappa shape index (κ3) is 1.74. The highest BCUT2D eigenvalue weighted by molar-refractivity contribution is 7.80. The van der Waals surface area contributed by atoms with Crippen molar-refractivity contribution in [3.05, 3.63) is 0 Å². The first-order valence-electron chi connectivity index (χ1n) is 3.25. The molecular weight excluding hydrogens is 136 g/mol. The smallest absolute Gasteiger partial charge is 0.169 e. The van der Waals surface area contributed by atoms with Crippen LogP contribution in [0.1, 0.15) is 13.3 Å². The molecule has 1 heterocycles. The molecule has 0 saturated carbocycles. The van der Waals surface area contributed by atoms with Crippen LogP contribution in [0.25, 0.3) is 0 Å². The van der Waals surface area contributed by atoms with E-state index in [1.165, 1.54) is 0 Å². The van der Waals surface area contributed by atoms with Crippen LogP contribution in [0.4, 0.5) is 0 Å². The average Bonchev–Trinajstić information content (AvgIpc) is 1.89. The SMILES string of the molecule is CCN1CCCNS1=O. The second-order valence-corrected chi connectivity index (χ2v) is 3.32. The third-order valence-electron chi connectivity index (χ3n) is 1.40. The Morgan fingerprint density at radius 3 is 3.00 bits per heavy atom. The van der Waals surface area contributed by atoms with Crippen LogP contribution in [0.3, 0.4) is 0 Å². The molecule has 1 unspecified atom stereocenters. The first-order valence-corrected chi connectivity index (χ1v) is 4.35. The van der Waals surface area contributed by atoms with Crippen LogP contribution in [0.2, 0.25) is 0 Å². The maximum absolute atomic E-state index is 11.0. The first kappa shape index (κ1) is 7.18. The van der Waals surface area contributed by atoms with Crippen molar-refractivity contribution in [2.24, 2.45) is 0 Å². The zero-order valence-corrected chi connectivity index (χ0v) is 6.41. The normalized spacial score (nSPS) is 30.6. The predicted molar refractivity (Wildman–Crippen MR) is 38.0 cm³/mol. The van der Waals surface area contributed by atoms with Crippen molar-refractivity contribution in [2.45, 2.75) is 13.3 Å². The summed E-state index contributed by atoms with van der Waals surface area (Å²) in [4.78, 5) is 0. The van der Waals surface area contributed by atoms with Crippen molar-refractivity contribution in [1.29, 1.82) is 0 Å². The lowest BCUT2D eigenvalue weighted by Crippen LogP contribution is -2.41. The molecule has 1 fully saturated rings. The highest BCUT2D eigenvalue weighted by atomic mass is 32.2. The number of hydrogen-bond acceptors (Lipinski definition) is 1. The Labute approximate surface area is 58.1 Å². The van der Waals surface area contributed by atoms with Gasteiger partial charge in [-0.15, -0.1) is 0 Å². The Morgan fingerprint density at radius 2 is 2.56 bits per heavy atom. The number of rotatable bonds is 1. The summed E-state index contributed by atoms with van der Waals surface area (Å²) in [7, 11) is 0. The molecule has 0 aromatic carbocycles. The Bertz CT molecular complexity index is 118. The van der Waals surface area contributed by atoms with Crippen molar-refractivity contribution >= 4 is 11.2 Å². The standard InChI is InChI=1S/C5H12N2OS/c1-2-7-5-3-4-6-9(7)8/h6H,2-5H2,1H3. The molecule has 0 amide bonds. The molecule has 3 nitrogen and oxygen atoms in total. The molecule has 4 heteroatoms. The van der Waals surface area contributed by atoms with E-state index in [0.29, 0.717) is 0 Å². The molecule has 1 rings (SSSR count). The molecule has 1 N–H and O–H groups in total. The maximum Gasteiger partial charge on any atom is 0.169 e. The molecule has 0 aliphatic carbocycles. The Hall–Kier alpha value is 0.0700. The zero-order valence-electron chi connectivity index (χ0n) is 5.59. The van der Waals surface area contributed by atoms with Crippen LogP contribution >= 0.6 is 0 Å². The molecule has 0 spiro atoms. The van der Waals surface area contributed by atoms with Crippen molar-refractivity contribution in [3.8, 4) is 0 Å². The van der Waals surface area contributed by atoms with E-state index in [4.69, 9.17) is 0 Å². The molecule has 54 valence electrons. The van der Waals surface area contributed by atoms with Crippen molar-refractivity contribution in [3.63, 3.8) is 0 Å². The molecule has 0 aromatic rings. The van der Waals surface area contributed by atoms with Gasteiger partial charge in [-0.1, -0.05) is 6.92 Å². The summed E-state index contributed by atoms with van der Waals surface area (Å²) >= 11 is -0.895. The van der Waals surface area contributed by atoms with Gasteiger partial charge in [0, 0.05) is 19.6 Å². The number of nitrogens with zero attached hydrogens (tertiary/aromatic N) is 1. The summed E-state index contributed by atoms with van der Waals surface area (Å²) in [5, 5.41) is 0. The van der Waals surface area contributed by atoms with E-state index in [1.807, 2.05) is 11.2 Å². The fourth-order valence-electron chi connectivity index (χ4n) is 0.864. The minimum atomic E-state index is -0.895. The quantitative estimate of drug-likeness (QED) is 0.552. The molecule has 0 bridgehead atoms. The van der Waals surface area contributed by atoms with E-state index in [2.05, 4.69) is 4.72 Å². The molecule has 1 aliphatic rings. The monoisotopic (exact) mass is 148 g/mol. The largest absolute Gasteiger partial charge is 0.225 e. The Balaban J connectivity index is 2.39. The van der Waals surface area contributed by atoms with Gasteiger partial charge in [-0.05, 0) is 6.42 Å². The van der Waals surface area contributed by atoms with E-state index in [0.717, 1.165) is 26.1 Å². The summed E-state index contributed by atoms with van der Waals surface area (Å²) in [6, 6.07) is 0. The lowest BCUT2D eigenvalue weighted by atomic mass is 10.4. The fraction of sp³-hybridized carbons (Fsp3) is 1.00. The maximum atomic E-state index is 11.0. The summed E-state index contributed by atoms with van der Waals surface area (Å²) in [5.74, 6) is 0. The van der Waals surface area contributed by atoms with Crippen molar-refractivity contribution in [1.82, 2.24) is 9.03 Å². The van der Waals surface area contributed by atoms with E-state index in [-0.39, 0.29) is 0 Å².